The summed E-state index contributed by atoms with van der Waals surface area (Å²) in [5.41, 5.74) is 5.64. The van der Waals surface area contributed by atoms with Crippen LogP contribution in [0.1, 0.15) is 5.76 Å². The third-order valence-electron chi connectivity index (χ3n) is 4.39. The van der Waals surface area contributed by atoms with Crippen LogP contribution in [0.15, 0.2) is 46.2 Å². The summed E-state index contributed by atoms with van der Waals surface area (Å²) in [6.07, 6.45) is 1.38. The highest BCUT2D eigenvalue weighted by atomic mass is 32.2. The number of phosphoric ester groups is 1. The van der Waals surface area contributed by atoms with Gasteiger partial charge in [0.05, 0.1) is 17.9 Å². The number of phosphoric acid groups is 1. The summed E-state index contributed by atoms with van der Waals surface area (Å²) in [5.74, 6) is 0.290. The molecule has 0 saturated carbocycles. The topological polar surface area (TPSA) is 163 Å². The quantitative estimate of drug-likeness (QED) is 0.386. The van der Waals surface area contributed by atoms with Crippen LogP contribution in [-0.2, 0) is 24.7 Å². The number of nitrogens with zero attached hydrogens (tertiary/aromatic N) is 3. The van der Waals surface area contributed by atoms with Crippen molar-refractivity contribution in [3.63, 3.8) is 0 Å². The standard InChI is InChI=1S/C15H17N4O8PS/c1-8-17-11(16)4-5-18(8)15-13(20)14-10(29-15)7-25-28(23,27-14)24-6-9-2-3-12(26-9)19(21)22/h2-5,10,13-15,20H,1,6-7H2,(H2,16,17)/t10-,13+,14-,15-,28?/m1/s1. The summed E-state index contributed by atoms with van der Waals surface area (Å²) < 4.78 is 33.7. The van der Waals surface area contributed by atoms with E-state index in [1.807, 2.05) is 0 Å². The van der Waals surface area contributed by atoms with Gasteiger partial charge in [-0.1, -0.05) is 6.58 Å². The number of amidine groups is 1. The van der Waals surface area contributed by atoms with E-state index in [-0.39, 0.29) is 24.2 Å². The normalized spacial score (nSPS) is 34.2. The van der Waals surface area contributed by atoms with Gasteiger partial charge in [-0.3, -0.25) is 23.7 Å². The lowest BCUT2D eigenvalue weighted by Gasteiger charge is -2.32. The van der Waals surface area contributed by atoms with Crippen molar-refractivity contribution in [2.75, 3.05) is 6.61 Å². The summed E-state index contributed by atoms with van der Waals surface area (Å²) in [4.78, 5) is 15.7. The summed E-state index contributed by atoms with van der Waals surface area (Å²) in [6.45, 7) is 3.49. The van der Waals surface area contributed by atoms with Crippen molar-refractivity contribution in [3.05, 3.63) is 52.7 Å². The molecule has 2 saturated heterocycles. The van der Waals surface area contributed by atoms with Crippen LogP contribution in [0.25, 0.3) is 0 Å². The van der Waals surface area contributed by atoms with Crippen molar-refractivity contribution in [2.24, 2.45) is 10.7 Å². The largest absolute Gasteiger partial charge is 0.475 e. The molecule has 14 heteroatoms. The molecular weight excluding hydrogens is 427 g/mol. The molecule has 5 atom stereocenters. The number of rotatable bonds is 5. The molecule has 0 aliphatic carbocycles. The second-order valence-corrected chi connectivity index (χ2v) is 9.30. The fraction of sp³-hybridized carbons (Fsp3) is 0.400. The van der Waals surface area contributed by atoms with Gasteiger partial charge in [-0.05, 0) is 12.1 Å². The summed E-state index contributed by atoms with van der Waals surface area (Å²) in [6, 6.07) is 2.48. The molecule has 0 bridgehead atoms. The van der Waals surface area contributed by atoms with Gasteiger partial charge in [0.2, 0.25) is 0 Å². The van der Waals surface area contributed by atoms with Gasteiger partial charge >= 0.3 is 13.7 Å². The van der Waals surface area contributed by atoms with E-state index in [1.54, 1.807) is 17.2 Å². The molecule has 3 N–H and O–H groups in total. The zero-order valence-corrected chi connectivity index (χ0v) is 16.5. The Morgan fingerprint density at radius 1 is 1.55 bits per heavy atom. The van der Waals surface area contributed by atoms with Gasteiger partial charge in [-0.2, -0.15) is 0 Å². The van der Waals surface area contributed by atoms with Gasteiger partial charge in [0.1, 0.15) is 46.5 Å². The third kappa shape index (κ3) is 3.97. The van der Waals surface area contributed by atoms with E-state index in [0.29, 0.717) is 11.7 Å². The Bertz CT molecular complexity index is 949. The SMILES string of the molecule is C=C1N=C(N)C=CN1[C@@H]1S[C@@H]2COP(=O)(OCc3ccc([N+](=O)[O-])o3)O[C@H]2[C@@H]1O. The van der Waals surface area contributed by atoms with Gasteiger partial charge in [-0.15, -0.1) is 11.8 Å². The highest BCUT2D eigenvalue weighted by molar-refractivity contribution is 8.00. The summed E-state index contributed by atoms with van der Waals surface area (Å²) in [5, 5.41) is 20.6. The average molecular weight is 444 g/mol. The summed E-state index contributed by atoms with van der Waals surface area (Å²) in [7, 11) is -4.00. The Morgan fingerprint density at radius 3 is 3.03 bits per heavy atom. The first-order valence-electron chi connectivity index (χ1n) is 8.39. The van der Waals surface area contributed by atoms with E-state index in [2.05, 4.69) is 11.6 Å². The molecule has 2 fully saturated rings. The number of aliphatic hydroxyl groups excluding tert-OH is 1. The predicted molar refractivity (Wildman–Crippen MR) is 101 cm³/mol. The van der Waals surface area contributed by atoms with E-state index in [9.17, 15) is 19.8 Å². The highest BCUT2D eigenvalue weighted by Gasteiger charge is 2.54. The molecule has 0 spiro atoms. The number of nitrogens with two attached hydrogens (primary N) is 1. The van der Waals surface area contributed by atoms with Gasteiger partial charge in [-0.25, -0.2) is 9.56 Å². The maximum absolute atomic E-state index is 12.8. The van der Waals surface area contributed by atoms with Crippen molar-refractivity contribution in [1.82, 2.24) is 4.90 Å². The van der Waals surface area contributed by atoms with E-state index in [0.717, 1.165) is 6.07 Å². The molecule has 156 valence electrons. The molecule has 3 aliphatic heterocycles. The minimum absolute atomic E-state index is 0.0217. The number of aliphatic hydroxyl groups is 1. The maximum atomic E-state index is 12.8. The molecule has 0 radical (unpaired) electrons. The van der Waals surface area contributed by atoms with Gasteiger partial charge < -0.3 is 20.2 Å². The van der Waals surface area contributed by atoms with Crippen LogP contribution in [0.2, 0.25) is 0 Å². The second kappa shape index (κ2) is 7.59. The van der Waals surface area contributed by atoms with E-state index >= 15 is 0 Å². The average Bonchev–Trinajstić information content (AvgIpc) is 3.26. The number of furan rings is 1. The Morgan fingerprint density at radius 2 is 2.34 bits per heavy atom. The Labute approximate surface area is 168 Å². The van der Waals surface area contributed by atoms with Crippen molar-refractivity contribution in [1.29, 1.82) is 0 Å². The molecule has 3 aliphatic rings. The lowest BCUT2D eigenvalue weighted by molar-refractivity contribution is -0.402. The number of hydrogen-bond acceptors (Lipinski definition) is 12. The zero-order chi connectivity index (χ0) is 20.8. The number of thioether (sulfide) groups is 1. The third-order valence-corrected chi connectivity index (χ3v) is 7.34. The van der Waals surface area contributed by atoms with Crippen LogP contribution in [0.5, 0.6) is 0 Å². The van der Waals surface area contributed by atoms with Crippen LogP contribution in [0.4, 0.5) is 5.88 Å². The van der Waals surface area contributed by atoms with Crippen molar-refractivity contribution in [3.8, 4) is 0 Å². The smallest absolute Gasteiger partial charge is 0.403 e. The first kappa shape index (κ1) is 20.1. The summed E-state index contributed by atoms with van der Waals surface area (Å²) >= 11 is 1.37. The Hall–Kier alpha value is -2.15. The van der Waals surface area contributed by atoms with Crippen LogP contribution < -0.4 is 5.73 Å². The van der Waals surface area contributed by atoms with Crippen molar-refractivity contribution < 1.29 is 32.6 Å². The fourth-order valence-electron chi connectivity index (χ4n) is 3.03. The molecular formula is C15H17N4O8PS. The minimum Gasteiger partial charge on any atom is -0.403 e. The van der Waals surface area contributed by atoms with E-state index in [4.69, 9.17) is 23.7 Å². The molecule has 12 nitrogen and oxygen atoms in total. The molecule has 29 heavy (non-hydrogen) atoms. The Kier molecular flexibility index (Phi) is 5.27. The van der Waals surface area contributed by atoms with Crippen LogP contribution >= 0.6 is 19.6 Å². The molecule has 1 aromatic rings. The van der Waals surface area contributed by atoms with Gasteiger partial charge in [0, 0.05) is 6.20 Å². The monoisotopic (exact) mass is 444 g/mol. The van der Waals surface area contributed by atoms with Gasteiger partial charge in [0.15, 0.2) is 0 Å². The van der Waals surface area contributed by atoms with Crippen molar-refractivity contribution in [2.45, 2.75) is 29.4 Å². The first-order chi connectivity index (χ1) is 13.8. The fourth-order valence-corrected chi connectivity index (χ4v) is 6.12. The van der Waals surface area contributed by atoms with Crippen LogP contribution in [-0.4, -0.2) is 50.2 Å². The van der Waals surface area contributed by atoms with Gasteiger partial charge in [0.25, 0.3) is 0 Å². The van der Waals surface area contributed by atoms with Crippen LogP contribution in [0.3, 0.4) is 0 Å². The molecule has 4 heterocycles. The van der Waals surface area contributed by atoms with E-state index < -0.39 is 36.2 Å². The minimum atomic E-state index is -4.00. The Balaban J connectivity index is 1.41. The molecule has 0 amide bonds. The molecule has 4 rings (SSSR count). The number of fused-ring (bicyclic) bond motifs is 1. The molecule has 1 unspecified atom stereocenters. The first-order valence-corrected chi connectivity index (χ1v) is 10.8. The lowest BCUT2D eigenvalue weighted by Crippen LogP contribution is -2.43. The zero-order valence-electron chi connectivity index (χ0n) is 14.8. The number of aliphatic imine (C=N–C) groups is 1. The molecule has 1 aromatic heterocycles. The predicted octanol–water partition coefficient (Wildman–Crippen LogP) is 1.69. The highest BCUT2D eigenvalue weighted by Crippen LogP contribution is 2.59. The second-order valence-electron chi connectivity index (χ2n) is 6.32. The number of nitro groups is 1. The van der Waals surface area contributed by atoms with Crippen molar-refractivity contribution >= 4 is 31.3 Å². The lowest BCUT2D eigenvalue weighted by atomic mass is 10.1. The maximum Gasteiger partial charge on any atom is 0.475 e. The van der Waals surface area contributed by atoms with E-state index in [1.165, 1.54) is 17.8 Å². The van der Waals surface area contributed by atoms with Crippen LogP contribution in [0, 0.1) is 10.1 Å². The molecule has 0 aromatic carbocycles. The number of hydrogen-bond donors (Lipinski definition) is 2.